The number of aryl methyl sites for hydroxylation is 1. The van der Waals surface area contributed by atoms with E-state index in [-0.39, 0.29) is 0 Å². The number of hydrogen-bond acceptors (Lipinski definition) is 3. The van der Waals surface area contributed by atoms with Crippen LogP contribution >= 0.6 is 27.5 Å². The highest BCUT2D eigenvalue weighted by Gasteiger charge is 2.12. The van der Waals surface area contributed by atoms with Crippen molar-refractivity contribution in [3.05, 3.63) is 51.8 Å². The topological polar surface area (TPSA) is 31.4 Å². The molecule has 0 aliphatic rings. The van der Waals surface area contributed by atoms with Gasteiger partial charge in [-0.25, -0.2) is 0 Å². The van der Waals surface area contributed by atoms with E-state index in [9.17, 15) is 0 Å². The summed E-state index contributed by atoms with van der Waals surface area (Å²) in [6, 6.07) is 5.90. The molecule has 0 amide bonds. The van der Waals surface area contributed by atoms with E-state index in [0.29, 0.717) is 30.6 Å². The zero-order valence-electron chi connectivity index (χ0n) is 12.0. The number of rotatable bonds is 6. The molecule has 1 aromatic heterocycles. The van der Waals surface area contributed by atoms with Crippen LogP contribution in [-0.2, 0) is 12.5 Å². The van der Waals surface area contributed by atoms with E-state index < -0.39 is 0 Å². The summed E-state index contributed by atoms with van der Waals surface area (Å²) in [6.45, 7) is 4.96. The number of alkyl halides is 1. The molecule has 0 unspecified atom stereocenters. The number of hydrogen-bond donors (Lipinski definition) is 0. The summed E-state index contributed by atoms with van der Waals surface area (Å²) < 4.78 is 12.4. The van der Waals surface area contributed by atoms with Gasteiger partial charge in [-0.3, -0.25) is 4.98 Å². The Hall–Kier alpha value is -1.26. The monoisotopic (exact) mass is 369 g/mol. The van der Waals surface area contributed by atoms with Crippen molar-refractivity contribution in [3.8, 4) is 11.5 Å². The van der Waals surface area contributed by atoms with Crippen LogP contribution in [0.1, 0.15) is 23.6 Å². The summed E-state index contributed by atoms with van der Waals surface area (Å²) in [5.74, 6) is 1.82. The SMILES string of the molecule is CCOc1cc(CCl)cc(Br)c1OCc1cncc(C)c1. The number of benzene rings is 1. The van der Waals surface area contributed by atoms with Crippen LogP contribution in [-0.4, -0.2) is 11.6 Å². The number of pyridine rings is 1. The Labute approximate surface area is 138 Å². The Morgan fingerprint density at radius 3 is 2.62 bits per heavy atom. The van der Waals surface area contributed by atoms with E-state index in [0.717, 1.165) is 21.2 Å². The van der Waals surface area contributed by atoms with Gasteiger partial charge in [-0.05, 0) is 59.1 Å². The molecule has 0 saturated carbocycles. The van der Waals surface area contributed by atoms with Gasteiger partial charge in [-0.1, -0.05) is 0 Å². The van der Waals surface area contributed by atoms with E-state index in [1.807, 2.05) is 38.2 Å². The van der Waals surface area contributed by atoms with Crippen molar-refractivity contribution in [2.75, 3.05) is 6.61 Å². The fraction of sp³-hybridized carbons (Fsp3) is 0.312. The maximum atomic E-state index is 5.91. The van der Waals surface area contributed by atoms with Gasteiger partial charge in [0.15, 0.2) is 11.5 Å². The van der Waals surface area contributed by atoms with Crippen molar-refractivity contribution in [2.45, 2.75) is 26.3 Å². The number of ether oxygens (including phenoxy) is 2. The largest absolute Gasteiger partial charge is 0.490 e. The third-order valence-corrected chi connectivity index (χ3v) is 3.74. The lowest BCUT2D eigenvalue weighted by Gasteiger charge is -2.15. The lowest BCUT2D eigenvalue weighted by molar-refractivity contribution is 0.267. The number of nitrogens with zero attached hydrogens (tertiary/aromatic N) is 1. The summed E-state index contributed by atoms with van der Waals surface area (Å²) >= 11 is 9.41. The highest BCUT2D eigenvalue weighted by Crippen LogP contribution is 2.37. The summed E-state index contributed by atoms with van der Waals surface area (Å²) in [7, 11) is 0. The van der Waals surface area contributed by atoms with Crippen LogP contribution in [0, 0.1) is 6.92 Å². The van der Waals surface area contributed by atoms with Gasteiger partial charge in [0, 0.05) is 23.8 Å². The highest BCUT2D eigenvalue weighted by atomic mass is 79.9. The Kier molecular flexibility index (Phi) is 5.88. The van der Waals surface area contributed by atoms with Crippen molar-refractivity contribution < 1.29 is 9.47 Å². The first-order valence-electron chi connectivity index (χ1n) is 6.68. The van der Waals surface area contributed by atoms with Crippen LogP contribution in [0.4, 0.5) is 0 Å². The molecule has 0 atom stereocenters. The van der Waals surface area contributed by atoms with Gasteiger partial charge in [0.2, 0.25) is 0 Å². The molecule has 5 heteroatoms. The number of aromatic nitrogens is 1. The van der Waals surface area contributed by atoms with E-state index in [2.05, 4.69) is 20.9 Å². The van der Waals surface area contributed by atoms with E-state index in [4.69, 9.17) is 21.1 Å². The van der Waals surface area contributed by atoms with Gasteiger partial charge in [-0.15, -0.1) is 11.6 Å². The van der Waals surface area contributed by atoms with Crippen LogP contribution in [0.15, 0.2) is 35.1 Å². The Morgan fingerprint density at radius 2 is 1.95 bits per heavy atom. The predicted molar refractivity (Wildman–Crippen MR) is 88.2 cm³/mol. The zero-order valence-corrected chi connectivity index (χ0v) is 14.4. The lowest BCUT2D eigenvalue weighted by Crippen LogP contribution is -2.02. The van der Waals surface area contributed by atoms with E-state index in [1.54, 1.807) is 6.20 Å². The molecule has 1 heterocycles. The van der Waals surface area contributed by atoms with Crippen molar-refractivity contribution in [1.82, 2.24) is 4.98 Å². The molecule has 1 aromatic carbocycles. The summed E-state index contributed by atoms with van der Waals surface area (Å²) in [6.07, 6.45) is 3.62. The molecular weight excluding hydrogens is 354 g/mol. The van der Waals surface area contributed by atoms with E-state index >= 15 is 0 Å². The summed E-state index contributed by atoms with van der Waals surface area (Å²) in [5.41, 5.74) is 3.11. The van der Waals surface area contributed by atoms with Gasteiger partial charge in [0.05, 0.1) is 11.1 Å². The van der Waals surface area contributed by atoms with Crippen molar-refractivity contribution in [3.63, 3.8) is 0 Å². The van der Waals surface area contributed by atoms with Crippen molar-refractivity contribution in [2.24, 2.45) is 0 Å². The summed E-state index contributed by atoms with van der Waals surface area (Å²) in [4.78, 5) is 4.16. The first kappa shape index (κ1) is 16.1. The molecule has 0 aliphatic carbocycles. The lowest BCUT2D eigenvalue weighted by atomic mass is 10.2. The third kappa shape index (κ3) is 4.35. The second-order valence-corrected chi connectivity index (χ2v) is 5.75. The quantitative estimate of drug-likeness (QED) is 0.680. The number of halogens is 2. The second kappa shape index (κ2) is 7.66. The second-order valence-electron chi connectivity index (χ2n) is 4.63. The maximum absolute atomic E-state index is 5.91. The van der Waals surface area contributed by atoms with Gasteiger partial charge in [0.25, 0.3) is 0 Å². The van der Waals surface area contributed by atoms with Crippen molar-refractivity contribution >= 4 is 27.5 Å². The van der Waals surface area contributed by atoms with Gasteiger partial charge in [-0.2, -0.15) is 0 Å². The molecule has 112 valence electrons. The molecular formula is C16H17BrClNO2. The molecule has 2 rings (SSSR count). The smallest absolute Gasteiger partial charge is 0.175 e. The molecule has 0 spiro atoms. The van der Waals surface area contributed by atoms with Gasteiger partial charge >= 0.3 is 0 Å². The van der Waals surface area contributed by atoms with Crippen LogP contribution in [0.25, 0.3) is 0 Å². The molecule has 21 heavy (non-hydrogen) atoms. The summed E-state index contributed by atoms with van der Waals surface area (Å²) in [5, 5.41) is 0. The first-order valence-corrected chi connectivity index (χ1v) is 8.01. The third-order valence-electron chi connectivity index (χ3n) is 2.84. The van der Waals surface area contributed by atoms with Gasteiger partial charge < -0.3 is 9.47 Å². The Morgan fingerprint density at radius 1 is 1.14 bits per heavy atom. The minimum absolute atomic E-state index is 0.431. The average molecular weight is 371 g/mol. The fourth-order valence-electron chi connectivity index (χ4n) is 1.95. The van der Waals surface area contributed by atoms with Crippen molar-refractivity contribution in [1.29, 1.82) is 0 Å². The standard InChI is InChI=1S/C16H17BrClNO2/c1-3-20-15-6-12(7-18)5-14(17)16(15)21-10-13-4-11(2)8-19-9-13/h4-6,8-9H,3,7,10H2,1-2H3. The highest BCUT2D eigenvalue weighted by molar-refractivity contribution is 9.10. The Bertz CT molecular complexity index is 619. The minimum Gasteiger partial charge on any atom is -0.490 e. The fourth-order valence-corrected chi connectivity index (χ4v) is 2.71. The molecule has 3 nitrogen and oxygen atoms in total. The average Bonchev–Trinajstić information content (AvgIpc) is 2.46. The molecule has 0 radical (unpaired) electrons. The van der Waals surface area contributed by atoms with Crippen LogP contribution in [0.3, 0.4) is 0 Å². The van der Waals surface area contributed by atoms with Crippen LogP contribution in [0.5, 0.6) is 11.5 Å². The first-order chi connectivity index (χ1) is 10.1. The molecule has 0 saturated heterocycles. The van der Waals surface area contributed by atoms with Crippen LogP contribution in [0.2, 0.25) is 0 Å². The molecule has 2 aromatic rings. The zero-order chi connectivity index (χ0) is 15.2. The minimum atomic E-state index is 0.431. The molecule has 0 fully saturated rings. The van der Waals surface area contributed by atoms with E-state index in [1.165, 1.54) is 0 Å². The normalized spacial score (nSPS) is 10.5. The molecule has 0 aliphatic heterocycles. The van der Waals surface area contributed by atoms with Crippen LogP contribution < -0.4 is 9.47 Å². The Balaban J connectivity index is 2.22. The predicted octanol–water partition coefficient (Wildman–Crippen LogP) is 4.87. The van der Waals surface area contributed by atoms with Gasteiger partial charge in [0.1, 0.15) is 6.61 Å². The molecule has 0 N–H and O–H groups in total. The maximum Gasteiger partial charge on any atom is 0.175 e. The molecule has 0 bridgehead atoms.